The number of carbonyl (C=O) groups excluding carboxylic acids is 1. The Bertz CT molecular complexity index is 581. The quantitative estimate of drug-likeness (QED) is 0.926. The number of hydrogen-bond acceptors (Lipinski definition) is 2. The summed E-state index contributed by atoms with van der Waals surface area (Å²) < 4.78 is 0. The lowest BCUT2D eigenvalue weighted by molar-refractivity contribution is -0.138. The molecule has 0 spiro atoms. The van der Waals surface area contributed by atoms with Crippen LogP contribution in [0.1, 0.15) is 37.2 Å². The molecule has 1 aliphatic heterocycles. The number of aliphatic carboxylic acids is 1. The highest BCUT2D eigenvalue weighted by Crippen LogP contribution is 2.50. The van der Waals surface area contributed by atoms with E-state index in [4.69, 9.17) is 16.7 Å². The van der Waals surface area contributed by atoms with Crippen molar-refractivity contribution in [2.24, 2.45) is 11.8 Å². The van der Waals surface area contributed by atoms with E-state index in [1.165, 1.54) is 0 Å². The molecule has 0 aromatic heterocycles. The molecule has 3 rings (SSSR count). The number of amides is 1. The molecule has 1 saturated carbocycles. The first-order valence-electron chi connectivity index (χ1n) is 7.81. The van der Waals surface area contributed by atoms with Gasteiger partial charge in [0, 0.05) is 30.5 Å². The van der Waals surface area contributed by atoms with Crippen molar-refractivity contribution in [1.82, 2.24) is 4.90 Å². The van der Waals surface area contributed by atoms with Crippen molar-refractivity contribution in [3.8, 4) is 0 Å². The molecule has 22 heavy (non-hydrogen) atoms. The van der Waals surface area contributed by atoms with Gasteiger partial charge in [-0.3, -0.25) is 9.59 Å². The number of halogens is 1. The Balaban J connectivity index is 1.54. The van der Waals surface area contributed by atoms with Gasteiger partial charge in [0.1, 0.15) is 0 Å². The van der Waals surface area contributed by atoms with Gasteiger partial charge >= 0.3 is 5.97 Å². The largest absolute Gasteiger partial charge is 0.481 e. The molecular weight excluding hydrogens is 302 g/mol. The van der Waals surface area contributed by atoms with E-state index < -0.39 is 5.97 Å². The molecule has 2 aliphatic rings. The number of carboxylic acids is 1. The van der Waals surface area contributed by atoms with Crippen LogP contribution in [-0.2, 0) is 9.59 Å². The summed E-state index contributed by atoms with van der Waals surface area (Å²) in [5.74, 6) is -0.0292. The minimum Gasteiger partial charge on any atom is -0.481 e. The number of benzene rings is 1. The van der Waals surface area contributed by atoms with Gasteiger partial charge in [0.2, 0.25) is 5.91 Å². The first-order chi connectivity index (χ1) is 10.6. The maximum absolute atomic E-state index is 12.6. The zero-order valence-corrected chi connectivity index (χ0v) is 13.1. The normalized spacial score (nSPS) is 25.0. The van der Waals surface area contributed by atoms with Gasteiger partial charge in [-0.25, -0.2) is 0 Å². The third-order valence-corrected chi connectivity index (χ3v) is 5.15. The third-order valence-electron chi connectivity index (χ3n) is 4.80. The minimum atomic E-state index is -0.745. The van der Waals surface area contributed by atoms with Gasteiger partial charge in [0.25, 0.3) is 0 Å². The van der Waals surface area contributed by atoms with E-state index in [0.717, 1.165) is 29.8 Å². The van der Waals surface area contributed by atoms with Crippen LogP contribution in [-0.4, -0.2) is 35.0 Å². The summed E-state index contributed by atoms with van der Waals surface area (Å²) in [6, 6.07) is 7.73. The number of carbonyl (C=O) groups is 2. The van der Waals surface area contributed by atoms with Gasteiger partial charge in [0.15, 0.2) is 0 Å². The van der Waals surface area contributed by atoms with Crippen molar-refractivity contribution in [3.63, 3.8) is 0 Å². The Morgan fingerprint density at radius 3 is 2.55 bits per heavy atom. The molecule has 4 nitrogen and oxygen atoms in total. The van der Waals surface area contributed by atoms with Crippen molar-refractivity contribution in [2.45, 2.75) is 31.6 Å². The van der Waals surface area contributed by atoms with Gasteiger partial charge < -0.3 is 10.0 Å². The Morgan fingerprint density at radius 1 is 1.23 bits per heavy atom. The second-order valence-corrected chi connectivity index (χ2v) is 6.74. The number of piperidine rings is 1. The molecule has 1 amide bonds. The van der Waals surface area contributed by atoms with Crippen LogP contribution in [0.5, 0.6) is 0 Å². The van der Waals surface area contributed by atoms with E-state index in [1.807, 2.05) is 29.2 Å². The average molecular weight is 322 g/mol. The van der Waals surface area contributed by atoms with Crippen LogP contribution < -0.4 is 0 Å². The fraction of sp³-hybridized carbons (Fsp3) is 0.529. The summed E-state index contributed by atoms with van der Waals surface area (Å²) in [4.78, 5) is 25.2. The van der Waals surface area contributed by atoms with Crippen molar-refractivity contribution < 1.29 is 14.7 Å². The second-order valence-electron chi connectivity index (χ2n) is 6.34. The van der Waals surface area contributed by atoms with E-state index in [0.29, 0.717) is 13.1 Å². The van der Waals surface area contributed by atoms with E-state index >= 15 is 0 Å². The summed E-state index contributed by atoms with van der Waals surface area (Å²) in [7, 11) is 0. The third kappa shape index (κ3) is 3.27. The highest BCUT2D eigenvalue weighted by Gasteiger charge is 2.46. The van der Waals surface area contributed by atoms with Crippen LogP contribution in [0.4, 0.5) is 0 Å². The molecule has 2 atom stereocenters. The average Bonchev–Trinajstić information content (AvgIpc) is 3.27. The molecule has 1 aromatic rings. The molecule has 5 heteroatoms. The Morgan fingerprint density at radius 2 is 1.91 bits per heavy atom. The zero-order valence-electron chi connectivity index (χ0n) is 12.4. The van der Waals surface area contributed by atoms with Gasteiger partial charge in [-0.05, 0) is 42.7 Å². The minimum absolute atomic E-state index is 0.0518. The smallest absolute Gasteiger partial charge is 0.303 e. The summed E-state index contributed by atoms with van der Waals surface area (Å²) in [5, 5.41) is 9.57. The standard InChI is InChI=1S/C17H20ClNO3/c18-15-4-2-1-3-12(15)13-10-14(13)17(22)19-7-5-11(6-8-19)9-16(20)21/h1-4,11,13-14H,5-10H2,(H,20,21). The number of carboxylic acid groups (broad SMARTS) is 1. The Labute approximate surface area is 135 Å². The fourth-order valence-electron chi connectivity index (χ4n) is 3.43. The van der Waals surface area contributed by atoms with Gasteiger partial charge in [-0.15, -0.1) is 0 Å². The van der Waals surface area contributed by atoms with E-state index in [2.05, 4.69) is 0 Å². The summed E-state index contributed by atoms with van der Waals surface area (Å²) >= 11 is 6.20. The van der Waals surface area contributed by atoms with Crippen LogP contribution >= 0.6 is 11.6 Å². The van der Waals surface area contributed by atoms with Crippen LogP contribution in [0.25, 0.3) is 0 Å². The molecule has 2 unspecified atom stereocenters. The zero-order chi connectivity index (χ0) is 15.7. The molecular formula is C17H20ClNO3. The Kier molecular flexibility index (Phi) is 4.39. The summed E-state index contributed by atoms with van der Waals surface area (Å²) in [6.07, 6.45) is 2.67. The first-order valence-corrected chi connectivity index (χ1v) is 8.19. The maximum atomic E-state index is 12.6. The predicted octanol–water partition coefficient (Wildman–Crippen LogP) is 3.16. The fourth-order valence-corrected chi connectivity index (χ4v) is 3.70. The topological polar surface area (TPSA) is 57.6 Å². The number of nitrogens with zero attached hydrogens (tertiary/aromatic N) is 1. The van der Waals surface area contributed by atoms with Crippen molar-refractivity contribution in [1.29, 1.82) is 0 Å². The predicted molar refractivity (Wildman–Crippen MR) is 83.9 cm³/mol. The highest BCUT2D eigenvalue weighted by molar-refractivity contribution is 6.31. The molecule has 0 bridgehead atoms. The van der Waals surface area contributed by atoms with Crippen molar-refractivity contribution >= 4 is 23.5 Å². The number of rotatable bonds is 4. The van der Waals surface area contributed by atoms with E-state index in [1.54, 1.807) is 0 Å². The molecule has 1 heterocycles. The molecule has 1 aliphatic carbocycles. The molecule has 0 radical (unpaired) electrons. The number of hydrogen-bond donors (Lipinski definition) is 1. The first kappa shape index (κ1) is 15.3. The summed E-state index contributed by atoms with van der Waals surface area (Å²) in [6.45, 7) is 1.37. The SMILES string of the molecule is O=C(O)CC1CCN(C(=O)C2CC2c2ccccc2Cl)CC1. The Hall–Kier alpha value is -1.55. The number of likely N-dealkylation sites (tertiary alicyclic amines) is 1. The van der Waals surface area contributed by atoms with Crippen molar-refractivity contribution in [3.05, 3.63) is 34.9 Å². The van der Waals surface area contributed by atoms with E-state index in [-0.39, 0.29) is 30.1 Å². The maximum Gasteiger partial charge on any atom is 0.303 e. The van der Waals surface area contributed by atoms with Crippen molar-refractivity contribution in [2.75, 3.05) is 13.1 Å². The van der Waals surface area contributed by atoms with Crippen LogP contribution in [0.2, 0.25) is 5.02 Å². The van der Waals surface area contributed by atoms with Crippen LogP contribution in [0, 0.1) is 11.8 Å². The highest BCUT2D eigenvalue weighted by atomic mass is 35.5. The lowest BCUT2D eigenvalue weighted by atomic mass is 9.93. The molecule has 118 valence electrons. The van der Waals surface area contributed by atoms with E-state index in [9.17, 15) is 9.59 Å². The summed E-state index contributed by atoms with van der Waals surface area (Å²) in [5.41, 5.74) is 1.07. The molecule has 1 aromatic carbocycles. The van der Waals surface area contributed by atoms with Gasteiger partial charge in [0.05, 0.1) is 0 Å². The monoisotopic (exact) mass is 321 g/mol. The van der Waals surface area contributed by atoms with Crippen LogP contribution in [0.3, 0.4) is 0 Å². The molecule has 2 fully saturated rings. The molecule has 1 N–H and O–H groups in total. The van der Waals surface area contributed by atoms with Crippen LogP contribution in [0.15, 0.2) is 24.3 Å². The van der Waals surface area contributed by atoms with Gasteiger partial charge in [-0.2, -0.15) is 0 Å². The molecule has 1 saturated heterocycles. The second kappa shape index (κ2) is 6.29. The lowest BCUT2D eigenvalue weighted by Crippen LogP contribution is -2.40. The van der Waals surface area contributed by atoms with Gasteiger partial charge in [-0.1, -0.05) is 29.8 Å². The lowest BCUT2D eigenvalue weighted by Gasteiger charge is -2.31.